The fourth-order valence-corrected chi connectivity index (χ4v) is 4.90. The van der Waals surface area contributed by atoms with Gasteiger partial charge in [-0.2, -0.15) is 0 Å². The fourth-order valence-electron chi connectivity index (χ4n) is 4.90. The first-order valence-electron chi connectivity index (χ1n) is 8.63. The van der Waals surface area contributed by atoms with Crippen LogP contribution >= 0.6 is 0 Å². The number of likely N-dealkylation sites (tertiary alicyclic amines) is 1. The Balaban J connectivity index is 1.66. The molecule has 0 radical (unpaired) electrons. The van der Waals surface area contributed by atoms with Crippen molar-refractivity contribution in [3.63, 3.8) is 0 Å². The second-order valence-corrected chi connectivity index (χ2v) is 7.46. The van der Waals surface area contributed by atoms with E-state index in [4.69, 9.17) is 0 Å². The van der Waals surface area contributed by atoms with E-state index in [0.717, 1.165) is 31.6 Å². The molecule has 1 N–H and O–H groups in total. The molecule has 0 bridgehead atoms. The SMILES string of the molecule is CC1CC2CCCCC2N1C(=O)CC1(O)CCCCC1. The molecule has 2 aliphatic carbocycles. The van der Waals surface area contributed by atoms with Crippen molar-refractivity contribution >= 4 is 5.91 Å². The van der Waals surface area contributed by atoms with Gasteiger partial charge in [0.05, 0.1) is 12.0 Å². The molecule has 0 aromatic carbocycles. The van der Waals surface area contributed by atoms with Gasteiger partial charge in [0.15, 0.2) is 0 Å². The summed E-state index contributed by atoms with van der Waals surface area (Å²) < 4.78 is 0. The first-order valence-corrected chi connectivity index (χ1v) is 8.63. The molecule has 0 aromatic heterocycles. The largest absolute Gasteiger partial charge is 0.389 e. The van der Waals surface area contributed by atoms with Gasteiger partial charge in [0.2, 0.25) is 5.91 Å². The number of amides is 1. The van der Waals surface area contributed by atoms with Crippen molar-refractivity contribution < 1.29 is 9.90 Å². The van der Waals surface area contributed by atoms with Crippen molar-refractivity contribution in [2.45, 2.75) is 95.2 Å². The number of fused-ring (bicyclic) bond motifs is 1. The maximum atomic E-state index is 12.7. The van der Waals surface area contributed by atoms with E-state index >= 15 is 0 Å². The van der Waals surface area contributed by atoms with Crippen LogP contribution in [-0.2, 0) is 4.79 Å². The highest BCUT2D eigenvalue weighted by molar-refractivity contribution is 5.78. The van der Waals surface area contributed by atoms with E-state index in [1.807, 2.05) is 0 Å². The number of nitrogens with zero attached hydrogens (tertiary/aromatic N) is 1. The van der Waals surface area contributed by atoms with E-state index in [2.05, 4.69) is 11.8 Å². The molecular weight excluding hydrogens is 250 g/mol. The van der Waals surface area contributed by atoms with E-state index in [9.17, 15) is 9.90 Å². The number of hydrogen-bond donors (Lipinski definition) is 1. The van der Waals surface area contributed by atoms with Crippen LogP contribution in [0.15, 0.2) is 0 Å². The van der Waals surface area contributed by atoms with Crippen LogP contribution < -0.4 is 0 Å². The number of carbonyl (C=O) groups excluding carboxylic acids is 1. The summed E-state index contributed by atoms with van der Waals surface area (Å²) in [7, 11) is 0. The van der Waals surface area contributed by atoms with Crippen molar-refractivity contribution in [2.75, 3.05) is 0 Å². The van der Waals surface area contributed by atoms with Crippen molar-refractivity contribution in [2.24, 2.45) is 5.92 Å². The molecule has 1 aliphatic heterocycles. The first-order chi connectivity index (χ1) is 9.59. The molecule has 2 saturated carbocycles. The Hall–Kier alpha value is -0.570. The number of aliphatic hydroxyl groups is 1. The Kier molecular flexibility index (Phi) is 4.07. The lowest BCUT2D eigenvalue weighted by Gasteiger charge is -2.37. The van der Waals surface area contributed by atoms with Gasteiger partial charge in [-0.05, 0) is 44.9 Å². The predicted molar refractivity (Wildman–Crippen MR) is 79.3 cm³/mol. The normalized spacial score (nSPS) is 36.7. The van der Waals surface area contributed by atoms with Crippen LogP contribution in [-0.4, -0.2) is 33.6 Å². The molecule has 3 atom stereocenters. The summed E-state index contributed by atoms with van der Waals surface area (Å²) in [5, 5.41) is 10.6. The highest BCUT2D eigenvalue weighted by atomic mass is 16.3. The van der Waals surface area contributed by atoms with E-state index in [0.29, 0.717) is 18.5 Å². The third kappa shape index (κ3) is 2.74. The lowest BCUT2D eigenvalue weighted by molar-refractivity contribution is -0.141. The summed E-state index contributed by atoms with van der Waals surface area (Å²) in [6, 6.07) is 0.848. The maximum Gasteiger partial charge on any atom is 0.225 e. The molecule has 114 valence electrons. The summed E-state index contributed by atoms with van der Waals surface area (Å²) in [4.78, 5) is 14.9. The van der Waals surface area contributed by atoms with Crippen molar-refractivity contribution in [1.29, 1.82) is 0 Å². The topological polar surface area (TPSA) is 40.5 Å². The average Bonchev–Trinajstić information content (AvgIpc) is 2.74. The molecule has 3 aliphatic rings. The molecular formula is C17H29NO2. The van der Waals surface area contributed by atoms with E-state index in [-0.39, 0.29) is 5.91 Å². The molecule has 3 rings (SSSR count). The highest BCUT2D eigenvalue weighted by Gasteiger charge is 2.44. The Labute approximate surface area is 122 Å². The molecule has 3 fully saturated rings. The Morgan fingerprint density at radius 2 is 1.85 bits per heavy atom. The predicted octanol–water partition coefficient (Wildman–Crippen LogP) is 3.25. The van der Waals surface area contributed by atoms with Crippen LogP contribution in [0, 0.1) is 5.92 Å². The van der Waals surface area contributed by atoms with Crippen LogP contribution in [0.25, 0.3) is 0 Å². The van der Waals surface area contributed by atoms with Gasteiger partial charge in [-0.3, -0.25) is 4.79 Å². The van der Waals surface area contributed by atoms with Gasteiger partial charge in [0.1, 0.15) is 0 Å². The van der Waals surface area contributed by atoms with Gasteiger partial charge in [-0.25, -0.2) is 0 Å². The van der Waals surface area contributed by atoms with E-state index in [1.165, 1.54) is 38.5 Å². The summed E-state index contributed by atoms with van der Waals surface area (Å²) >= 11 is 0. The van der Waals surface area contributed by atoms with Gasteiger partial charge in [0.25, 0.3) is 0 Å². The lowest BCUT2D eigenvalue weighted by Crippen LogP contribution is -2.46. The average molecular weight is 279 g/mol. The molecule has 20 heavy (non-hydrogen) atoms. The zero-order valence-electron chi connectivity index (χ0n) is 12.8. The van der Waals surface area contributed by atoms with Crippen LogP contribution in [0.5, 0.6) is 0 Å². The molecule has 3 nitrogen and oxygen atoms in total. The second kappa shape index (κ2) is 5.67. The molecule has 0 aromatic rings. The summed E-state index contributed by atoms with van der Waals surface area (Å²) in [6.45, 7) is 2.20. The molecule has 1 amide bonds. The van der Waals surface area contributed by atoms with Gasteiger partial charge < -0.3 is 10.0 Å². The highest BCUT2D eigenvalue weighted by Crippen LogP contribution is 2.41. The molecule has 0 spiro atoms. The summed E-state index contributed by atoms with van der Waals surface area (Å²) in [5.74, 6) is 0.944. The monoisotopic (exact) mass is 279 g/mol. The fraction of sp³-hybridized carbons (Fsp3) is 0.941. The van der Waals surface area contributed by atoms with Crippen LogP contribution in [0.1, 0.15) is 77.6 Å². The van der Waals surface area contributed by atoms with Gasteiger partial charge >= 0.3 is 0 Å². The standard InChI is InChI=1S/C17H29NO2/c1-13-11-14-7-3-4-8-15(14)18(13)16(19)12-17(20)9-5-2-6-10-17/h13-15,20H,2-12H2,1H3. The second-order valence-electron chi connectivity index (χ2n) is 7.46. The smallest absolute Gasteiger partial charge is 0.225 e. The molecule has 1 saturated heterocycles. The third-order valence-corrected chi connectivity index (χ3v) is 5.90. The zero-order chi connectivity index (χ0) is 14.2. The first kappa shape index (κ1) is 14.4. The molecule has 3 unspecified atom stereocenters. The minimum absolute atomic E-state index is 0.219. The molecule has 3 heteroatoms. The van der Waals surface area contributed by atoms with Crippen molar-refractivity contribution in [1.82, 2.24) is 4.90 Å². The lowest BCUT2D eigenvalue weighted by atomic mass is 9.81. The maximum absolute atomic E-state index is 12.7. The summed E-state index contributed by atoms with van der Waals surface area (Å²) in [6.07, 6.45) is 11.6. The molecule has 1 heterocycles. The van der Waals surface area contributed by atoms with Gasteiger partial charge in [-0.1, -0.05) is 32.1 Å². The van der Waals surface area contributed by atoms with Crippen LogP contribution in [0.3, 0.4) is 0 Å². The van der Waals surface area contributed by atoms with Crippen LogP contribution in [0.4, 0.5) is 0 Å². The quantitative estimate of drug-likeness (QED) is 0.843. The van der Waals surface area contributed by atoms with Gasteiger partial charge in [0, 0.05) is 12.1 Å². The minimum atomic E-state index is -0.707. The van der Waals surface area contributed by atoms with E-state index in [1.54, 1.807) is 0 Å². The Morgan fingerprint density at radius 1 is 1.15 bits per heavy atom. The van der Waals surface area contributed by atoms with Crippen molar-refractivity contribution in [3.05, 3.63) is 0 Å². The number of carbonyl (C=O) groups is 1. The Bertz CT molecular complexity index is 362. The van der Waals surface area contributed by atoms with Gasteiger partial charge in [-0.15, -0.1) is 0 Å². The van der Waals surface area contributed by atoms with Crippen molar-refractivity contribution in [3.8, 4) is 0 Å². The number of hydrogen-bond acceptors (Lipinski definition) is 2. The minimum Gasteiger partial charge on any atom is -0.389 e. The third-order valence-electron chi connectivity index (χ3n) is 5.90. The van der Waals surface area contributed by atoms with E-state index < -0.39 is 5.60 Å². The van der Waals surface area contributed by atoms with Crippen LogP contribution in [0.2, 0.25) is 0 Å². The Morgan fingerprint density at radius 3 is 2.60 bits per heavy atom. The zero-order valence-corrected chi connectivity index (χ0v) is 12.8. The summed E-state index contributed by atoms with van der Waals surface area (Å²) in [5.41, 5.74) is -0.707. The number of rotatable bonds is 2.